The van der Waals surface area contributed by atoms with Gasteiger partial charge in [-0.25, -0.2) is 14.6 Å². The van der Waals surface area contributed by atoms with Crippen LogP contribution in [0, 0.1) is 0 Å². The van der Waals surface area contributed by atoms with Gasteiger partial charge >= 0.3 is 0 Å². The molecule has 0 radical (unpaired) electrons. The van der Waals surface area contributed by atoms with E-state index in [1.165, 1.54) is 0 Å². The first-order valence-electron chi connectivity index (χ1n) is 10.2. The van der Waals surface area contributed by atoms with Gasteiger partial charge in [0, 0.05) is 36.8 Å². The number of fused-ring (bicyclic) bond motifs is 1. The van der Waals surface area contributed by atoms with E-state index in [9.17, 15) is 4.79 Å². The zero-order chi connectivity index (χ0) is 22.4. The Kier molecular flexibility index (Phi) is 4.58. The van der Waals surface area contributed by atoms with Crippen molar-refractivity contribution in [3.05, 3.63) is 72.7 Å². The van der Waals surface area contributed by atoms with Crippen molar-refractivity contribution in [2.75, 3.05) is 0 Å². The number of amides is 1. The number of aromatic nitrogens is 7. The first-order chi connectivity index (χ1) is 15.4. The number of hydrogen-bond donors (Lipinski definition) is 1. The Morgan fingerprint density at radius 3 is 2.50 bits per heavy atom. The highest BCUT2D eigenvalue weighted by atomic mass is 16.1. The topological polar surface area (TPSA) is 109 Å². The average molecular weight is 426 g/mol. The van der Waals surface area contributed by atoms with Gasteiger partial charge in [0.25, 0.3) is 0 Å². The molecule has 2 N–H and O–H groups in total. The maximum Gasteiger partial charge on any atom is 0.248 e. The van der Waals surface area contributed by atoms with E-state index in [1.54, 1.807) is 40.2 Å². The maximum absolute atomic E-state index is 11.4. The summed E-state index contributed by atoms with van der Waals surface area (Å²) in [5.74, 6) is -0.289. The van der Waals surface area contributed by atoms with Crippen molar-refractivity contribution >= 4 is 16.9 Å². The van der Waals surface area contributed by atoms with Crippen molar-refractivity contribution in [3.63, 3.8) is 0 Å². The molecule has 32 heavy (non-hydrogen) atoms. The molecule has 160 valence electrons. The van der Waals surface area contributed by atoms with Gasteiger partial charge in [0.1, 0.15) is 0 Å². The van der Waals surface area contributed by atoms with Crippen LogP contribution in [0.15, 0.2) is 61.4 Å². The molecule has 0 aliphatic carbocycles. The Labute approximate surface area is 184 Å². The van der Waals surface area contributed by atoms with Gasteiger partial charge in [0.2, 0.25) is 5.91 Å². The normalized spacial score (nSPS) is 11.5. The summed E-state index contributed by atoms with van der Waals surface area (Å²) < 4.78 is 5.54. The summed E-state index contributed by atoms with van der Waals surface area (Å²) in [7, 11) is 1.88. The Morgan fingerprint density at radius 1 is 1.06 bits per heavy atom. The molecule has 1 amide bonds. The quantitative estimate of drug-likeness (QED) is 0.464. The fourth-order valence-corrected chi connectivity index (χ4v) is 3.78. The minimum atomic E-state index is -0.463. The second-order valence-electron chi connectivity index (χ2n) is 7.96. The molecule has 4 heterocycles. The van der Waals surface area contributed by atoms with Gasteiger partial charge in [0.15, 0.2) is 5.65 Å². The number of carbonyl (C=O) groups excluding carboxylic acids is 1. The van der Waals surface area contributed by atoms with Crippen LogP contribution in [-0.4, -0.2) is 40.0 Å². The number of pyridine rings is 1. The van der Waals surface area contributed by atoms with Crippen LogP contribution < -0.4 is 5.73 Å². The van der Waals surface area contributed by atoms with Crippen LogP contribution in [0.2, 0.25) is 0 Å². The molecule has 1 aromatic carbocycles. The summed E-state index contributed by atoms with van der Waals surface area (Å²) in [4.78, 5) is 20.6. The first kappa shape index (κ1) is 19.7. The minimum absolute atomic E-state index is 0.174. The van der Waals surface area contributed by atoms with E-state index in [4.69, 9.17) is 10.8 Å². The number of nitrogens with two attached hydrogens (primary N) is 1. The van der Waals surface area contributed by atoms with Crippen molar-refractivity contribution in [2.45, 2.75) is 19.8 Å². The number of hydrogen-bond acceptors (Lipinski definition) is 5. The number of rotatable bonds is 5. The lowest BCUT2D eigenvalue weighted by molar-refractivity contribution is 0.100. The van der Waals surface area contributed by atoms with Gasteiger partial charge < -0.3 is 10.3 Å². The third kappa shape index (κ3) is 3.24. The molecule has 9 nitrogen and oxygen atoms in total. The molecule has 0 saturated carbocycles. The number of nitrogens with zero attached hydrogens (tertiary/aromatic N) is 7. The smallest absolute Gasteiger partial charge is 0.248 e. The molecule has 0 unspecified atom stereocenters. The van der Waals surface area contributed by atoms with Gasteiger partial charge in [-0.3, -0.25) is 9.48 Å². The molecule has 0 spiro atoms. The second-order valence-corrected chi connectivity index (χ2v) is 7.96. The number of benzene rings is 1. The average Bonchev–Trinajstić information content (AvgIpc) is 3.51. The highest BCUT2D eigenvalue weighted by Crippen LogP contribution is 2.31. The number of imidazole rings is 1. The van der Waals surface area contributed by atoms with Gasteiger partial charge in [-0.1, -0.05) is 13.8 Å². The van der Waals surface area contributed by atoms with Gasteiger partial charge in [0.05, 0.1) is 40.7 Å². The van der Waals surface area contributed by atoms with E-state index >= 15 is 0 Å². The molecule has 4 aromatic heterocycles. The Balaban J connectivity index is 1.67. The Hall–Kier alpha value is -4.27. The van der Waals surface area contributed by atoms with Crippen molar-refractivity contribution in [1.29, 1.82) is 0 Å². The molecule has 0 aliphatic heterocycles. The molecule has 0 saturated heterocycles. The predicted octanol–water partition coefficient (Wildman–Crippen LogP) is 3.23. The first-order valence-corrected chi connectivity index (χ1v) is 10.2. The molecule has 0 aliphatic rings. The lowest BCUT2D eigenvalue weighted by Crippen LogP contribution is -2.10. The molecule has 0 atom stereocenters. The van der Waals surface area contributed by atoms with E-state index in [0.717, 1.165) is 39.4 Å². The lowest BCUT2D eigenvalue weighted by atomic mass is 10.1. The fraction of sp³-hybridized carbons (Fsp3) is 0.174. The van der Waals surface area contributed by atoms with Crippen LogP contribution in [0.4, 0.5) is 0 Å². The number of carbonyl (C=O) groups is 1. The summed E-state index contributed by atoms with van der Waals surface area (Å²) >= 11 is 0. The zero-order valence-electron chi connectivity index (χ0n) is 18.0. The number of aryl methyl sites for hydroxylation is 1. The van der Waals surface area contributed by atoms with E-state index in [0.29, 0.717) is 5.56 Å². The predicted molar refractivity (Wildman–Crippen MR) is 121 cm³/mol. The summed E-state index contributed by atoms with van der Waals surface area (Å²) in [6.07, 6.45) is 9.26. The van der Waals surface area contributed by atoms with Crippen molar-refractivity contribution < 1.29 is 4.79 Å². The molecule has 5 rings (SSSR count). The minimum Gasteiger partial charge on any atom is -0.366 e. The van der Waals surface area contributed by atoms with Crippen molar-refractivity contribution in [1.82, 2.24) is 34.1 Å². The largest absolute Gasteiger partial charge is 0.366 e. The monoisotopic (exact) mass is 426 g/mol. The van der Waals surface area contributed by atoms with Crippen LogP contribution in [0.3, 0.4) is 0 Å². The highest BCUT2D eigenvalue weighted by molar-refractivity contribution is 5.93. The van der Waals surface area contributed by atoms with E-state index in [1.807, 2.05) is 42.2 Å². The summed E-state index contributed by atoms with van der Waals surface area (Å²) in [6, 6.07) is 9.00. The Morgan fingerprint density at radius 2 is 1.84 bits per heavy atom. The fourth-order valence-electron chi connectivity index (χ4n) is 3.78. The summed E-state index contributed by atoms with van der Waals surface area (Å²) in [6.45, 7) is 4.21. The Bertz CT molecular complexity index is 1440. The van der Waals surface area contributed by atoms with Gasteiger partial charge in [-0.05, 0) is 36.2 Å². The molecule has 9 heteroatoms. The zero-order valence-corrected chi connectivity index (χ0v) is 18.0. The van der Waals surface area contributed by atoms with E-state index < -0.39 is 5.91 Å². The van der Waals surface area contributed by atoms with Crippen LogP contribution in [-0.2, 0) is 7.05 Å². The SMILES string of the molecule is CC(C)c1nn(-c2ccc(C(N)=O)cc2)c2nccc(-n3cnc(-c4cnn(C)c4)c3)c12. The van der Waals surface area contributed by atoms with E-state index in [2.05, 4.69) is 28.9 Å². The third-order valence-electron chi connectivity index (χ3n) is 5.38. The van der Waals surface area contributed by atoms with E-state index in [-0.39, 0.29) is 5.92 Å². The maximum atomic E-state index is 11.4. The highest BCUT2D eigenvalue weighted by Gasteiger charge is 2.20. The lowest BCUT2D eigenvalue weighted by Gasteiger charge is -2.07. The molecule has 0 fully saturated rings. The molecular weight excluding hydrogens is 404 g/mol. The van der Waals surface area contributed by atoms with Gasteiger partial charge in [-0.2, -0.15) is 10.2 Å². The summed E-state index contributed by atoms with van der Waals surface area (Å²) in [5.41, 5.74) is 11.0. The molecular formula is C23H22N8O. The van der Waals surface area contributed by atoms with Crippen molar-refractivity contribution in [3.8, 4) is 22.6 Å². The van der Waals surface area contributed by atoms with Crippen LogP contribution in [0.25, 0.3) is 33.7 Å². The summed E-state index contributed by atoms with van der Waals surface area (Å²) in [5, 5.41) is 10.1. The number of primary amides is 1. The molecule has 5 aromatic rings. The van der Waals surface area contributed by atoms with Crippen LogP contribution >= 0.6 is 0 Å². The van der Waals surface area contributed by atoms with Crippen LogP contribution in [0.1, 0.15) is 35.8 Å². The van der Waals surface area contributed by atoms with Crippen LogP contribution in [0.5, 0.6) is 0 Å². The standard InChI is InChI=1S/C23H22N8O/c1-14(2)21-20-19(30-12-18(26-13-30)16-10-27-29(3)11-16)8-9-25-23(20)31(28-21)17-6-4-15(5-7-17)22(24)32/h4-14H,1-3H3,(H2,24,32). The van der Waals surface area contributed by atoms with Gasteiger partial charge in [-0.15, -0.1) is 0 Å². The van der Waals surface area contributed by atoms with Crippen molar-refractivity contribution in [2.24, 2.45) is 12.8 Å². The third-order valence-corrected chi connectivity index (χ3v) is 5.38. The molecule has 0 bridgehead atoms. The second kappa shape index (κ2) is 7.45.